The van der Waals surface area contributed by atoms with E-state index < -0.39 is 0 Å². The van der Waals surface area contributed by atoms with Crippen molar-refractivity contribution in [1.29, 1.82) is 0 Å². The van der Waals surface area contributed by atoms with Crippen LogP contribution in [0.1, 0.15) is 112 Å². The van der Waals surface area contributed by atoms with Crippen LogP contribution < -0.4 is 5.32 Å². The molecule has 0 aliphatic heterocycles. The summed E-state index contributed by atoms with van der Waals surface area (Å²) in [5.41, 5.74) is 10.2. The van der Waals surface area contributed by atoms with Crippen LogP contribution in [0.15, 0.2) is 101 Å². The van der Waals surface area contributed by atoms with Gasteiger partial charge in [-0.25, -0.2) is 4.99 Å². The minimum atomic E-state index is 0.361. The summed E-state index contributed by atoms with van der Waals surface area (Å²) in [5, 5.41) is 3.71. The number of benzene rings is 4. The number of amidine groups is 1. The first-order chi connectivity index (χ1) is 19.7. The zero-order valence-corrected chi connectivity index (χ0v) is 25.9. The average Bonchev–Trinajstić information content (AvgIpc) is 2.96. The van der Waals surface area contributed by atoms with E-state index in [-0.39, 0.29) is 0 Å². The maximum Gasteiger partial charge on any atom is 0.138 e. The Labute approximate surface area is 247 Å². The monoisotopic (exact) mass is 543 g/mol. The van der Waals surface area contributed by atoms with Gasteiger partial charge in [0.05, 0.1) is 11.4 Å². The second-order valence-corrected chi connectivity index (χ2v) is 12.0. The first-order valence-electron chi connectivity index (χ1n) is 15.0. The molecule has 0 amide bonds. The quantitative estimate of drug-likeness (QED) is 0.165. The van der Waals surface area contributed by atoms with Gasteiger partial charge in [0.15, 0.2) is 0 Å². The van der Waals surface area contributed by atoms with Crippen LogP contribution in [0.4, 0.5) is 17.1 Å². The molecule has 0 spiro atoms. The number of anilines is 1. The van der Waals surface area contributed by atoms with Crippen molar-refractivity contribution in [3.8, 4) is 0 Å². The summed E-state index contributed by atoms with van der Waals surface area (Å²) >= 11 is 0. The minimum Gasteiger partial charge on any atom is -0.339 e. The highest BCUT2D eigenvalue weighted by atomic mass is 15.0. The lowest BCUT2D eigenvalue weighted by molar-refractivity contribution is 0.834. The summed E-state index contributed by atoms with van der Waals surface area (Å²) in [5.74, 6) is 2.33. The van der Waals surface area contributed by atoms with Crippen LogP contribution in [-0.4, -0.2) is 12.1 Å². The predicted octanol–water partition coefficient (Wildman–Crippen LogP) is 11.1. The molecule has 0 radical (unpaired) electrons. The lowest BCUT2D eigenvalue weighted by Crippen LogP contribution is -2.15. The Bertz CT molecular complexity index is 1460. The van der Waals surface area contributed by atoms with E-state index in [9.17, 15) is 0 Å². The first-order valence-corrected chi connectivity index (χ1v) is 15.0. The Morgan fingerprint density at radius 1 is 0.537 bits per heavy atom. The van der Waals surface area contributed by atoms with Gasteiger partial charge in [-0.15, -0.1) is 0 Å². The number of para-hydroxylation sites is 3. The largest absolute Gasteiger partial charge is 0.339 e. The van der Waals surface area contributed by atoms with Crippen LogP contribution in [0, 0.1) is 0 Å². The molecule has 3 heteroatoms. The molecule has 0 saturated heterocycles. The molecule has 0 aliphatic rings. The van der Waals surface area contributed by atoms with E-state index in [0.29, 0.717) is 23.7 Å². The first kappa shape index (κ1) is 30.0. The molecule has 3 nitrogen and oxygen atoms in total. The second kappa shape index (κ2) is 13.6. The van der Waals surface area contributed by atoms with Gasteiger partial charge < -0.3 is 5.32 Å². The third-order valence-corrected chi connectivity index (χ3v) is 7.50. The van der Waals surface area contributed by atoms with Gasteiger partial charge in [0.25, 0.3) is 0 Å². The number of aliphatic imine (C=N–C) groups is 2. The summed E-state index contributed by atoms with van der Waals surface area (Å²) in [6.45, 7) is 17.9. The van der Waals surface area contributed by atoms with Gasteiger partial charge in [0.2, 0.25) is 0 Å². The van der Waals surface area contributed by atoms with Gasteiger partial charge in [-0.3, -0.25) is 4.99 Å². The Kier molecular flexibility index (Phi) is 9.94. The van der Waals surface area contributed by atoms with Gasteiger partial charge in [-0.1, -0.05) is 140 Å². The third kappa shape index (κ3) is 7.21. The van der Waals surface area contributed by atoms with E-state index in [1.54, 1.807) is 0 Å². The van der Waals surface area contributed by atoms with Crippen LogP contribution in [0.25, 0.3) is 0 Å². The molecule has 41 heavy (non-hydrogen) atoms. The number of nitrogens with one attached hydrogen (secondary N) is 1. The zero-order chi connectivity index (χ0) is 29.5. The van der Waals surface area contributed by atoms with E-state index >= 15 is 0 Å². The van der Waals surface area contributed by atoms with Crippen molar-refractivity contribution in [2.24, 2.45) is 9.98 Å². The van der Waals surface area contributed by atoms with E-state index in [1.807, 2.05) is 12.3 Å². The average molecular weight is 544 g/mol. The number of nitrogens with zero attached hydrogens (tertiary/aromatic N) is 2. The molecule has 0 atom stereocenters. The van der Waals surface area contributed by atoms with Crippen LogP contribution in [-0.2, 0) is 0 Å². The normalized spacial score (nSPS) is 12.3. The smallest absolute Gasteiger partial charge is 0.138 e. The molecule has 0 saturated carbocycles. The lowest BCUT2D eigenvalue weighted by atomic mass is 9.93. The van der Waals surface area contributed by atoms with E-state index in [4.69, 9.17) is 9.98 Å². The zero-order valence-electron chi connectivity index (χ0n) is 25.9. The second-order valence-electron chi connectivity index (χ2n) is 12.0. The van der Waals surface area contributed by atoms with Crippen LogP contribution in [0.5, 0.6) is 0 Å². The molecule has 0 aliphatic carbocycles. The molecule has 1 N–H and O–H groups in total. The molecule has 0 heterocycles. The Hall–Kier alpha value is -3.98. The van der Waals surface area contributed by atoms with Crippen molar-refractivity contribution in [1.82, 2.24) is 0 Å². The minimum absolute atomic E-state index is 0.361. The van der Waals surface area contributed by atoms with Crippen molar-refractivity contribution >= 4 is 29.1 Å². The molecule has 0 fully saturated rings. The standard InChI is InChI=1S/C38H45N3/c1-25(2)31-19-14-20-32(26(3)4)36(31)39-24-30-18-12-13-23-35(30)40-38(29-16-10-9-11-17-29)41-37-33(27(5)6)21-15-22-34(37)28(7)8/h9-28H,1-8H3,(H,40,41). The van der Waals surface area contributed by atoms with E-state index in [1.165, 1.54) is 22.3 Å². The molecule has 212 valence electrons. The Morgan fingerprint density at radius 3 is 1.51 bits per heavy atom. The molecule has 0 aromatic heterocycles. The van der Waals surface area contributed by atoms with Gasteiger partial charge in [-0.2, -0.15) is 0 Å². The topological polar surface area (TPSA) is 36.8 Å². The predicted molar refractivity (Wildman–Crippen MR) is 179 cm³/mol. The van der Waals surface area contributed by atoms with E-state index in [2.05, 4.69) is 146 Å². The van der Waals surface area contributed by atoms with Gasteiger partial charge in [0, 0.05) is 23.0 Å². The molecule has 0 bridgehead atoms. The van der Waals surface area contributed by atoms with Crippen molar-refractivity contribution in [2.45, 2.75) is 79.1 Å². The fraction of sp³-hybridized carbons (Fsp3) is 0.316. The van der Waals surface area contributed by atoms with Crippen molar-refractivity contribution in [2.75, 3.05) is 5.32 Å². The van der Waals surface area contributed by atoms with E-state index in [0.717, 1.165) is 34.0 Å². The number of rotatable bonds is 9. The third-order valence-electron chi connectivity index (χ3n) is 7.50. The number of hydrogen-bond donors (Lipinski definition) is 1. The fourth-order valence-electron chi connectivity index (χ4n) is 5.16. The van der Waals surface area contributed by atoms with Gasteiger partial charge >= 0.3 is 0 Å². The van der Waals surface area contributed by atoms with Crippen LogP contribution >= 0.6 is 0 Å². The Morgan fingerprint density at radius 2 is 1.00 bits per heavy atom. The van der Waals surface area contributed by atoms with Crippen molar-refractivity contribution < 1.29 is 0 Å². The molecular formula is C38H45N3. The highest BCUT2D eigenvalue weighted by Gasteiger charge is 2.16. The molecular weight excluding hydrogens is 498 g/mol. The molecule has 4 aromatic rings. The maximum absolute atomic E-state index is 5.36. The molecule has 0 unspecified atom stereocenters. The fourth-order valence-corrected chi connectivity index (χ4v) is 5.16. The Balaban J connectivity index is 1.83. The SMILES string of the molecule is CC(C)c1cccc(C(C)C)c1N=Cc1ccccc1NC(=Nc1c(C(C)C)cccc1C(C)C)c1ccccc1. The van der Waals surface area contributed by atoms with Gasteiger partial charge in [-0.05, 0) is 52.0 Å². The molecule has 4 rings (SSSR count). The lowest BCUT2D eigenvalue weighted by Gasteiger charge is -2.19. The summed E-state index contributed by atoms with van der Waals surface area (Å²) in [4.78, 5) is 10.5. The van der Waals surface area contributed by atoms with Crippen LogP contribution in [0.3, 0.4) is 0 Å². The summed E-state index contributed by atoms with van der Waals surface area (Å²) in [6, 6.07) is 31.9. The summed E-state index contributed by atoms with van der Waals surface area (Å²) < 4.78 is 0. The van der Waals surface area contributed by atoms with Crippen molar-refractivity contribution in [3.63, 3.8) is 0 Å². The van der Waals surface area contributed by atoms with Crippen molar-refractivity contribution in [3.05, 3.63) is 124 Å². The maximum atomic E-state index is 5.36. The summed E-state index contributed by atoms with van der Waals surface area (Å²) in [6.07, 6.45) is 2.00. The van der Waals surface area contributed by atoms with Gasteiger partial charge in [0.1, 0.15) is 5.84 Å². The highest BCUT2D eigenvalue weighted by Crippen LogP contribution is 2.36. The van der Waals surface area contributed by atoms with Crippen LogP contribution in [0.2, 0.25) is 0 Å². The highest BCUT2D eigenvalue weighted by molar-refractivity contribution is 6.11. The molecule has 4 aromatic carbocycles. The summed E-state index contributed by atoms with van der Waals surface area (Å²) in [7, 11) is 0. The number of hydrogen-bond acceptors (Lipinski definition) is 2.